The number of hydrogen-bond donors (Lipinski definition) is 2. The van der Waals surface area contributed by atoms with Crippen LogP contribution in [0.5, 0.6) is 0 Å². The summed E-state index contributed by atoms with van der Waals surface area (Å²) in [6, 6.07) is 8.08. The molecule has 0 aliphatic carbocycles. The number of pyridine rings is 1. The van der Waals surface area contributed by atoms with Gasteiger partial charge in [-0.3, -0.25) is 19.7 Å². The Morgan fingerprint density at radius 2 is 1.84 bits per heavy atom. The summed E-state index contributed by atoms with van der Waals surface area (Å²) in [6.45, 7) is 0. The number of anilines is 1. The molecule has 1 heterocycles. The molecular weight excluding hydrogens is 250 g/mol. The van der Waals surface area contributed by atoms with E-state index in [0.29, 0.717) is 5.69 Å². The van der Waals surface area contributed by atoms with Crippen molar-refractivity contribution in [2.75, 3.05) is 5.32 Å². The van der Waals surface area contributed by atoms with Crippen molar-refractivity contribution in [2.24, 2.45) is 0 Å². The van der Waals surface area contributed by atoms with E-state index in [1.54, 1.807) is 0 Å². The Balaban J connectivity index is 2.12. The maximum atomic E-state index is 11.8. The molecule has 0 aliphatic rings. The third-order valence-corrected chi connectivity index (χ3v) is 2.38. The third-order valence-electron chi connectivity index (χ3n) is 2.38. The molecule has 0 bridgehead atoms. The summed E-state index contributed by atoms with van der Waals surface area (Å²) < 4.78 is 0. The summed E-state index contributed by atoms with van der Waals surface area (Å²) in [6.07, 6.45) is 1.29. The summed E-state index contributed by atoms with van der Waals surface area (Å²) in [5.74, 6) is -0.412. The molecule has 2 N–H and O–H groups in total. The highest BCUT2D eigenvalue weighted by Gasteiger charge is 2.08. The van der Waals surface area contributed by atoms with Crippen molar-refractivity contribution in [3.63, 3.8) is 0 Å². The number of carbonyl (C=O) groups excluding carboxylic acids is 1. The van der Waals surface area contributed by atoms with Crippen LogP contribution >= 0.6 is 0 Å². The lowest BCUT2D eigenvalue weighted by Gasteiger charge is -2.04. The molecule has 1 aromatic heterocycles. The Morgan fingerprint density at radius 1 is 1.16 bits per heavy atom. The topological polar surface area (TPSA) is 105 Å². The van der Waals surface area contributed by atoms with Crippen LogP contribution in [0.2, 0.25) is 0 Å². The molecule has 7 nitrogen and oxygen atoms in total. The summed E-state index contributed by atoms with van der Waals surface area (Å²) >= 11 is 0. The van der Waals surface area contributed by atoms with Gasteiger partial charge in [-0.25, -0.2) is 0 Å². The van der Waals surface area contributed by atoms with Crippen molar-refractivity contribution in [1.29, 1.82) is 0 Å². The second-order valence-corrected chi connectivity index (χ2v) is 3.70. The van der Waals surface area contributed by atoms with Crippen molar-refractivity contribution < 1.29 is 9.72 Å². The molecule has 2 aromatic rings. The van der Waals surface area contributed by atoms with E-state index in [1.165, 1.54) is 42.6 Å². The average Bonchev–Trinajstić information content (AvgIpc) is 2.40. The minimum absolute atomic E-state index is 0.0537. The molecule has 0 radical (unpaired) electrons. The quantitative estimate of drug-likeness (QED) is 0.644. The first kappa shape index (κ1) is 12.5. The Kier molecular flexibility index (Phi) is 3.37. The van der Waals surface area contributed by atoms with Crippen LogP contribution < -0.4 is 10.9 Å². The normalized spacial score (nSPS) is 9.89. The van der Waals surface area contributed by atoms with Crippen molar-refractivity contribution in [1.82, 2.24) is 4.98 Å². The number of aromatic nitrogens is 1. The van der Waals surface area contributed by atoms with Gasteiger partial charge in [0.1, 0.15) is 0 Å². The number of nitro groups is 1. The maximum absolute atomic E-state index is 11.8. The molecule has 1 amide bonds. The summed E-state index contributed by atoms with van der Waals surface area (Å²) in [7, 11) is 0. The average molecular weight is 259 g/mol. The summed E-state index contributed by atoms with van der Waals surface area (Å²) in [5.41, 5.74) is 0.369. The van der Waals surface area contributed by atoms with E-state index >= 15 is 0 Å². The number of benzene rings is 1. The number of aromatic amines is 1. The summed E-state index contributed by atoms with van der Waals surface area (Å²) in [5, 5.41) is 13.0. The van der Waals surface area contributed by atoms with Gasteiger partial charge in [0.05, 0.1) is 10.5 Å². The molecule has 7 heteroatoms. The van der Waals surface area contributed by atoms with E-state index in [2.05, 4.69) is 10.3 Å². The monoisotopic (exact) mass is 259 g/mol. The standard InChI is InChI=1S/C12H9N3O4/c16-11-6-1-8(7-13-11)12(17)14-9-2-4-10(5-3-9)15(18)19/h1-7H,(H,13,16)(H,14,17). The highest BCUT2D eigenvalue weighted by Crippen LogP contribution is 2.15. The van der Waals surface area contributed by atoms with E-state index in [4.69, 9.17) is 0 Å². The number of non-ortho nitro benzene ring substituents is 1. The second-order valence-electron chi connectivity index (χ2n) is 3.70. The molecule has 0 aliphatic heterocycles. The number of H-pyrrole nitrogens is 1. The van der Waals surface area contributed by atoms with E-state index < -0.39 is 10.8 Å². The lowest BCUT2D eigenvalue weighted by molar-refractivity contribution is -0.384. The van der Waals surface area contributed by atoms with Gasteiger partial charge in [-0.15, -0.1) is 0 Å². The van der Waals surface area contributed by atoms with Crippen LogP contribution in [0.1, 0.15) is 10.4 Å². The van der Waals surface area contributed by atoms with Crippen molar-refractivity contribution >= 4 is 17.3 Å². The molecule has 2 rings (SSSR count). The minimum atomic E-state index is -0.520. The smallest absolute Gasteiger partial charge is 0.269 e. The zero-order chi connectivity index (χ0) is 13.8. The Labute approximate surface area is 107 Å². The van der Waals surface area contributed by atoms with Gasteiger partial charge < -0.3 is 10.3 Å². The van der Waals surface area contributed by atoms with E-state index in [-0.39, 0.29) is 16.8 Å². The van der Waals surface area contributed by atoms with Crippen LogP contribution in [0.3, 0.4) is 0 Å². The van der Waals surface area contributed by atoms with Crippen molar-refractivity contribution in [3.05, 3.63) is 68.6 Å². The van der Waals surface area contributed by atoms with Gasteiger partial charge in [-0.2, -0.15) is 0 Å². The van der Waals surface area contributed by atoms with Crippen LogP contribution in [-0.4, -0.2) is 15.8 Å². The van der Waals surface area contributed by atoms with E-state index in [0.717, 1.165) is 0 Å². The number of rotatable bonds is 3. The Morgan fingerprint density at radius 3 is 2.37 bits per heavy atom. The largest absolute Gasteiger partial charge is 0.328 e. The fourth-order valence-electron chi connectivity index (χ4n) is 1.42. The maximum Gasteiger partial charge on any atom is 0.269 e. The lowest BCUT2D eigenvalue weighted by Crippen LogP contribution is -2.14. The van der Waals surface area contributed by atoms with E-state index in [9.17, 15) is 19.7 Å². The molecule has 19 heavy (non-hydrogen) atoms. The first-order chi connectivity index (χ1) is 9.06. The Bertz CT molecular complexity index is 656. The predicted molar refractivity (Wildman–Crippen MR) is 68.1 cm³/mol. The highest BCUT2D eigenvalue weighted by atomic mass is 16.6. The minimum Gasteiger partial charge on any atom is -0.328 e. The van der Waals surface area contributed by atoms with Gasteiger partial charge in [0.25, 0.3) is 11.6 Å². The van der Waals surface area contributed by atoms with Gasteiger partial charge in [0.15, 0.2) is 0 Å². The SMILES string of the molecule is O=C(Nc1ccc([N+](=O)[O-])cc1)c1ccc(=O)[nH]c1. The zero-order valence-corrected chi connectivity index (χ0v) is 9.62. The number of nitrogens with one attached hydrogen (secondary N) is 2. The summed E-state index contributed by atoms with van der Waals surface area (Å²) in [4.78, 5) is 35.0. The lowest BCUT2D eigenvalue weighted by atomic mass is 10.2. The molecule has 0 spiro atoms. The number of nitro benzene ring substituents is 1. The van der Waals surface area contributed by atoms with Crippen LogP contribution in [0.15, 0.2) is 47.4 Å². The van der Waals surface area contributed by atoms with Gasteiger partial charge in [0.2, 0.25) is 5.56 Å². The number of nitrogens with zero attached hydrogens (tertiary/aromatic N) is 1. The molecular formula is C12H9N3O4. The molecule has 0 fully saturated rings. The molecule has 0 unspecified atom stereocenters. The molecule has 96 valence electrons. The molecule has 0 saturated carbocycles. The van der Waals surface area contributed by atoms with Gasteiger partial charge in [-0.1, -0.05) is 0 Å². The van der Waals surface area contributed by atoms with Crippen LogP contribution in [0.25, 0.3) is 0 Å². The zero-order valence-electron chi connectivity index (χ0n) is 9.62. The van der Waals surface area contributed by atoms with Gasteiger partial charge in [-0.05, 0) is 18.2 Å². The predicted octanol–water partition coefficient (Wildman–Crippen LogP) is 1.54. The number of carbonyl (C=O) groups is 1. The highest BCUT2D eigenvalue weighted by molar-refractivity contribution is 6.04. The second kappa shape index (κ2) is 5.13. The fraction of sp³-hybridized carbons (Fsp3) is 0. The number of hydrogen-bond acceptors (Lipinski definition) is 4. The molecule has 0 saturated heterocycles. The number of amides is 1. The van der Waals surface area contributed by atoms with Crippen LogP contribution in [0.4, 0.5) is 11.4 Å². The molecule has 0 atom stereocenters. The first-order valence-corrected chi connectivity index (χ1v) is 5.31. The van der Waals surface area contributed by atoms with Crippen LogP contribution in [0, 0.1) is 10.1 Å². The fourth-order valence-corrected chi connectivity index (χ4v) is 1.42. The first-order valence-electron chi connectivity index (χ1n) is 5.31. The van der Waals surface area contributed by atoms with Crippen molar-refractivity contribution in [3.8, 4) is 0 Å². The third kappa shape index (κ3) is 3.03. The van der Waals surface area contributed by atoms with Gasteiger partial charge in [0, 0.05) is 30.1 Å². The van der Waals surface area contributed by atoms with Crippen molar-refractivity contribution in [2.45, 2.75) is 0 Å². The molecule has 1 aromatic carbocycles. The van der Waals surface area contributed by atoms with Crippen LogP contribution in [-0.2, 0) is 0 Å². The van der Waals surface area contributed by atoms with E-state index in [1.807, 2.05) is 0 Å². The van der Waals surface area contributed by atoms with Gasteiger partial charge >= 0.3 is 0 Å². The Hall–Kier alpha value is -2.96.